The molecule has 1 aliphatic heterocycles. The molecule has 5 nitrogen and oxygen atoms in total. The predicted molar refractivity (Wildman–Crippen MR) is 99.6 cm³/mol. The van der Waals surface area contributed by atoms with Crippen molar-refractivity contribution in [3.63, 3.8) is 0 Å². The highest BCUT2D eigenvalue weighted by Crippen LogP contribution is 2.25. The van der Waals surface area contributed by atoms with Crippen LogP contribution in [-0.4, -0.2) is 50.2 Å². The van der Waals surface area contributed by atoms with Gasteiger partial charge < -0.3 is 4.90 Å². The molecular formula is C18H26N4OS. The third-order valence-electron chi connectivity index (χ3n) is 4.78. The number of aryl methyl sites for hydroxylation is 2. The molecule has 1 amide bonds. The second-order valence-electron chi connectivity index (χ2n) is 6.71. The summed E-state index contributed by atoms with van der Waals surface area (Å²) in [6.07, 6.45) is 3.23. The van der Waals surface area contributed by atoms with Gasteiger partial charge in [-0.25, -0.2) is 9.67 Å². The van der Waals surface area contributed by atoms with Crippen molar-refractivity contribution in [2.75, 3.05) is 24.6 Å². The van der Waals surface area contributed by atoms with Gasteiger partial charge in [0.25, 0.3) is 0 Å². The van der Waals surface area contributed by atoms with Gasteiger partial charge in [0, 0.05) is 48.1 Å². The van der Waals surface area contributed by atoms with Crippen molar-refractivity contribution in [3.8, 4) is 0 Å². The predicted octanol–water partition coefficient (Wildman–Crippen LogP) is 3.14. The van der Waals surface area contributed by atoms with E-state index < -0.39 is 0 Å². The normalized spacial score (nSPS) is 15.5. The highest BCUT2D eigenvalue weighted by atomic mass is 32.2. The molecule has 0 aliphatic carbocycles. The molecule has 0 unspecified atom stereocenters. The summed E-state index contributed by atoms with van der Waals surface area (Å²) < 4.78 is 1.97. The molecular weight excluding hydrogens is 320 g/mol. The zero-order valence-electron chi connectivity index (χ0n) is 15.0. The number of amides is 1. The van der Waals surface area contributed by atoms with Gasteiger partial charge in [0.15, 0.2) is 5.65 Å². The Morgan fingerprint density at radius 3 is 2.67 bits per heavy atom. The average molecular weight is 347 g/mol. The van der Waals surface area contributed by atoms with Crippen LogP contribution >= 0.6 is 11.8 Å². The minimum Gasteiger partial charge on any atom is -0.341 e. The minimum absolute atomic E-state index is 0.270. The molecule has 2 aromatic heterocycles. The summed E-state index contributed by atoms with van der Waals surface area (Å²) in [5.41, 5.74) is 4.38. The Morgan fingerprint density at radius 2 is 2.00 bits per heavy atom. The summed E-state index contributed by atoms with van der Waals surface area (Å²) in [5, 5.41) is 5.59. The first-order valence-electron chi connectivity index (χ1n) is 8.68. The summed E-state index contributed by atoms with van der Waals surface area (Å²) in [4.78, 5) is 19.2. The van der Waals surface area contributed by atoms with E-state index in [-0.39, 0.29) is 11.9 Å². The fourth-order valence-corrected chi connectivity index (χ4v) is 4.24. The lowest BCUT2D eigenvalue weighted by molar-refractivity contribution is -0.130. The van der Waals surface area contributed by atoms with Crippen LogP contribution in [0.2, 0.25) is 0 Å². The fraction of sp³-hybridized carbons (Fsp3) is 0.611. The number of hydrogen-bond acceptors (Lipinski definition) is 4. The van der Waals surface area contributed by atoms with Gasteiger partial charge in [-0.15, -0.1) is 0 Å². The Kier molecular flexibility index (Phi) is 5.13. The summed E-state index contributed by atoms with van der Waals surface area (Å²) in [5.74, 6) is 2.39. The Morgan fingerprint density at radius 1 is 1.29 bits per heavy atom. The average Bonchev–Trinajstić information content (AvgIpc) is 2.99. The highest BCUT2D eigenvalue weighted by molar-refractivity contribution is 7.99. The van der Waals surface area contributed by atoms with Crippen molar-refractivity contribution in [2.45, 2.75) is 46.6 Å². The van der Waals surface area contributed by atoms with E-state index in [0.717, 1.165) is 47.7 Å². The number of aromatic nitrogens is 3. The maximum atomic E-state index is 12.4. The van der Waals surface area contributed by atoms with E-state index >= 15 is 0 Å². The first-order chi connectivity index (χ1) is 11.5. The van der Waals surface area contributed by atoms with Crippen LogP contribution in [0, 0.1) is 13.8 Å². The number of pyridine rings is 1. The van der Waals surface area contributed by atoms with Crippen LogP contribution in [0.4, 0.5) is 0 Å². The molecule has 6 heteroatoms. The van der Waals surface area contributed by atoms with Crippen molar-refractivity contribution in [1.29, 1.82) is 0 Å². The summed E-state index contributed by atoms with van der Waals surface area (Å²) in [7, 11) is 0. The maximum Gasteiger partial charge on any atom is 0.222 e. The van der Waals surface area contributed by atoms with Crippen LogP contribution in [0.5, 0.6) is 0 Å². The van der Waals surface area contributed by atoms with Gasteiger partial charge in [-0.1, -0.05) is 0 Å². The molecule has 2 aromatic rings. The van der Waals surface area contributed by atoms with Crippen LogP contribution in [0.3, 0.4) is 0 Å². The molecule has 0 aromatic carbocycles. The van der Waals surface area contributed by atoms with E-state index in [1.54, 1.807) is 0 Å². The van der Waals surface area contributed by atoms with Gasteiger partial charge in [-0.3, -0.25) is 4.79 Å². The van der Waals surface area contributed by atoms with Crippen molar-refractivity contribution >= 4 is 28.7 Å². The lowest BCUT2D eigenvalue weighted by Crippen LogP contribution is -2.38. The van der Waals surface area contributed by atoms with Gasteiger partial charge >= 0.3 is 0 Å². The van der Waals surface area contributed by atoms with Crippen LogP contribution < -0.4 is 0 Å². The molecule has 0 N–H and O–H groups in total. The monoisotopic (exact) mass is 346 g/mol. The van der Waals surface area contributed by atoms with Crippen LogP contribution in [0.25, 0.3) is 11.0 Å². The van der Waals surface area contributed by atoms with E-state index in [9.17, 15) is 4.79 Å². The second kappa shape index (κ2) is 7.13. The molecule has 3 rings (SSSR count). The minimum atomic E-state index is 0.270. The van der Waals surface area contributed by atoms with Crippen molar-refractivity contribution < 1.29 is 4.79 Å². The van der Waals surface area contributed by atoms with Gasteiger partial charge in [0.2, 0.25) is 5.91 Å². The third kappa shape index (κ3) is 3.29. The molecule has 0 radical (unpaired) electrons. The van der Waals surface area contributed by atoms with E-state index in [4.69, 9.17) is 4.98 Å². The first-order valence-corrected chi connectivity index (χ1v) is 9.83. The number of carbonyl (C=O) groups is 1. The molecule has 1 aliphatic rings. The Labute approximate surface area is 147 Å². The number of hydrogen-bond donors (Lipinski definition) is 0. The SMILES string of the molecule is Cc1nc2c(cnn2C(C)C)c(C)c1CCC(=O)N1CCSCC1. The number of thioether (sulfide) groups is 1. The third-order valence-corrected chi connectivity index (χ3v) is 5.72. The van der Waals surface area contributed by atoms with E-state index in [1.807, 2.05) is 34.5 Å². The zero-order valence-corrected chi connectivity index (χ0v) is 15.8. The Bertz CT molecular complexity index is 747. The molecule has 1 fully saturated rings. The van der Waals surface area contributed by atoms with Crippen molar-refractivity contribution in [3.05, 3.63) is 23.0 Å². The maximum absolute atomic E-state index is 12.4. The van der Waals surface area contributed by atoms with E-state index in [2.05, 4.69) is 25.9 Å². The number of nitrogens with zero attached hydrogens (tertiary/aromatic N) is 4. The molecule has 130 valence electrons. The molecule has 0 atom stereocenters. The first kappa shape index (κ1) is 17.3. The number of carbonyl (C=O) groups excluding carboxylic acids is 1. The van der Waals surface area contributed by atoms with Gasteiger partial charge in [0.05, 0.1) is 6.20 Å². The lowest BCUT2D eigenvalue weighted by atomic mass is 10.00. The standard InChI is InChI=1S/C18H26N4OS/c1-12(2)22-18-16(11-19-22)13(3)15(14(4)20-18)5-6-17(23)21-7-9-24-10-8-21/h11-12H,5-10H2,1-4H3. The van der Waals surface area contributed by atoms with E-state index in [1.165, 1.54) is 11.1 Å². The topological polar surface area (TPSA) is 51.0 Å². The quantitative estimate of drug-likeness (QED) is 0.853. The van der Waals surface area contributed by atoms with Crippen LogP contribution in [0.15, 0.2) is 6.20 Å². The highest BCUT2D eigenvalue weighted by Gasteiger charge is 2.19. The number of rotatable bonds is 4. The van der Waals surface area contributed by atoms with Crippen molar-refractivity contribution in [1.82, 2.24) is 19.7 Å². The lowest BCUT2D eigenvalue weighted by Gasteiger charge is -2.26. The number of fused-ring (bicyclic) bond motifs is 1. The van der Waals surface area contributed by atoms with Crippen molar-refractivity contribution in [2.24, 2.45) is 0 Å². The summed E-state index contributed by atoms with van der Waals surface area (Å²) in [6, 6.07) is 0.290. The molecule has 0 spiro atoms. The zero-order chi connectivity index (χ0) is 17.3. The molecule has 24 heavy (non-hydrogen) atoms. The second-order valence-corrected chi connectivity index (χ2v) is 7.94. The fourth-order valence-electron chi connectivity index (χ4n) is 3.34. The van der Waals surface area contributed by atoms with Crippen LogP contribution in [-0.2, 0) is 11.2 Å². The van der Waals surface area contributed by atoms with E-state index in [0.29, 0.717) is 6.42 Å². The van der Waals surface area contributed by atoms with Gasteiger partial charge in [-0.05, 0) is 45.2 Å². The Hall–Kier alpha value is -1.56. The summed E-state index contributed by atoms with van der Waals surface area (Å²) >= 11 is 1.93. The molecule has 1 saturated heterocycles. The summed E-state index contributed by atoms with van der Waals surface area (Å²) in [6.45, 7) is 10.2. The Balaban J connectivity index is 1.80. The molecule has 0 saturated carbocycles. The van der Waals surface area contributed by atoms with Gasteiger partial charge in [-0.2, -0.15) is 16.9 Å². The smallest absolute Gasteiger partial charge is 0.222 e. The molecule has 3 heterocycles. The van der Waals surface area contributed by atoms with Gasteiger partial charge in [0.1, 0.15) is 0 Å². The van der Waals surface area contributed by atoms with Crippen LogP contribution in [0.1, 0.15) is 43.1 Å². The largest absolute Gasteiger partial charge is 0.341 e. The molecule has 0 bridgehead atoms.